The molecule has 0 aliphatic carbocycles. The van der Waals surface area contributed by atoms with E-state index in [1.165, 1.54) is 11.8 Å². The monoisotopic (exact) mass is 404 g/mol. The standard InChI is InChI=1S/C21H20N6OS/c1-2-27(14-15-8-4-3-5-9-15)20-16-10-6-7-11-17(16)24-19(25-20)13-22-21(28)18-12-23-29-26-18/h3-12H,2,13-14H2,1H3,(H,22,28). The van der Waals surface area contributed by atoms with Crippen molar-refractivity contribution < 1.29 is 4.79 Å². The zero-order valence-corrected chi connectivity index (χ0v) is 16.8. The lowest BCUT2D eigenvalue weighted by Crippen LogP contribution is -2.27. The number of nitrogens with zero attached hydrogens (tertiary/aromatic N) is 5. The Kier molecular flexibility index (Phi) is 5.71. The summed E-state index contributed by atoms with van der Waals surface area (Å²) in [6.45, 7) is 3.87. The molecule has 0 fully saturated rings. The molecule has 0 bridgehead atoms. The highest BCUT2D eigenvalue weighted by molar-refractivity contribution is 6.99. The topological polar surface area (TPSA) is 83.9 Å². The number of anilines is 1. The molecule has 0 aliphatic heterocycles. The van der Waals surface area contributed by atoms with E-state index in [1.54, 1.807) is 0 Å². The Bertz CT molecular complexity index is 1100. The van der Waals surface area contributed by atoms with Crippen LogP contribution in [0.25, 0.3) is 10.9 Å². The number of aromatic nitrogens is 4. The predicted octanol–water partition coefficient (Wildman–Crippen LogP) is 3.44. The molecule has 0 radical (unpaired) electrons. The quantitative estimate of drug-likeness (QED) is 0.508. The molecule has 29 heavy (non-hydrogen) atoms. The van der Waals surface area contributed by atoms with Crippen LogP contribution in [-0.4, -0.2) is 31.2 Å². The van der Waals surface area contributed by atoms with Crippen molar-refractivity contribution in [2.75, 3.05) is 11.4 Å². The smallest absolute Gasteiger partial charge is 0.273 e. The zero-order chi connectivity index (χ0) is 20.1. The van der Waals surface area contributed by atoms with Gasteiger partial charge in [-0.15, -0.1) is 0 Å². The Balaban J connectivity index is 1.64. The maximum absolute atomic E-state index is 12.2. The van der Waals surface area contributed by atoms with Crippen LogP contribution in [0.3, 0.4) is 0 Å². The minimum Gasteiger partial charge on any atom is -0.352 e. The largest absolute Gasteiger partial charge is 0.352 e. The molecule has 0 atom stereocenters. The highest BCUT2D eigenvalue weighted by Gasteiger charge is 2.15. The molecule has 0 unspecified atom stereocenters. The Morgan fingerprint density at radius 2 is 1.86 bits per heavy atom. The van der Waals surface area contributed by atoms with Gasteiger partial charge in [0.05, 0.1) is 30.0 Å². The van der Waals surface area contributed by atoms with E-state index in [2.05, 4.69) is 43.0 Å². The Labute approximate surface area is 172 Å². The highest BCUT2D eigenvalue weighted by atomic mass is 32.1. The molecule has 0 saturated heterocycles. The minimum absolute atomic E-state index is 0.219. The van der Waals surface area contributed by atoms with Crippen molar-refractivity contribution in [2.45, 2.75) is 20.0 Å². The second kappa shape index (κ2) is 8.74. The van der Waals surface area contributed by atoms with Crippen LogP contribution in [0.2, 0.25) is 0 Å². The number of hydrogen-bond donors (Lipinski definition) is 1. The van der Waals surface area contributed by atoms with Crippen LogP contribution in [0.5, 0.6) is 0 Å². The van der Waals surface area contributed by atoms with Crippen LogP contribution in [0.4, 0.5) is 5.82 Å². The first-order chi connectivity index (χ1) is 14.2. The number of para-hydroxylation sites is 1. The summed E-state index contributed by atoms with van der Waals surface area (Å²) in [6.07, 6.45) is 1.45. The summed E-state index contributed by atoms with van der Waals surface area (Å²) in [5.41, 5.74) is 2.36. The fraction of sp³-hybridized carbons (Fsp3) is 0.190. The van der Waals surface area contributed by atoms with Gasteiger partial charge in [0.25, 0.3) is 5.91 Å². The molecule has 0 aliphatic rings. The van der Waals surface area contributed by atoms with E-state index in [0.717, 1.165) is 41.5 Å². The number of fused-ring (bicyclic) bond motifs is 1. The van der Waals surface area contributed by atoms with Gasteiger partial charge in [-0.25, -0.2) is 9.97 Å². The number of nitrogens with one attached hydrogen (secondary N) is 1. The van der Waals surface area contributed by atoms with Crippen LogP contribution >= 0.6 is 11.7 Å². The molecule has 146 valence electrons. The molecule has 1 N–H and O–H groups in total. The molecule has 1 amide bonds. The van der Waals surface area contributed by atoms with Crippen LogP contribution in [0.15, 0.2) is 60.8 Å². The molecule has 2 aromatic carbocycles. The van der Waals surface area contributed by atoms with E-state index in [-0.39, 0.29) is 12.5 Å². The summed E-state index contributed by atoms with van der Waals surface area (Å²) in [6, 6.07) is 18.2. The summed E-state index contributed by atoms with van der Waals surface area (Å²) in [5, 5.41) is 3.81. The van der Waals surface area contributed by atoms with Gasteiger partial charge in [0.2, 0.25) is 0 Å². The van der Waals surface area contributed by atoms with Crippen molar-refractivity contribution in [1.82, 2.24) is 24.0 Å². The first-order valence-corrected chi connectivity index (χ1v) is 10.1. The molecule has 2 aromatic heterocycles. The average molecular weight is 404 g/mol. The molecule has 4 rings (SSSR count). The van der Waals surface area contributed by atoms with Crippen LogP contribution in [0.1, 0.15) is 28.8 Å². The van der Waals surface area contributed by atoms with Gasteiger partial charge in [-0.1, -0.05) is 42.5 Å². The number of carbonyl (C=O) groups is 1. The minimum atomic E-state index is -0.284. The van der Waals surface area contributed by atoms with E-state index >= 15 is 0 Å². The van der Waals surface area contributed by atoms with Gasteiger partial charge in [-0.2, -0.15) is 8.75 Å². The van der Waals surface area contributed by atoms with Gasteiger partial charge in [-0.05, 0) is 24.6 Å². The molecular weight excluding hydrogens is 384 g/mol. The van der Waals surface area contributed by atoms with Gasteiger partial charge < -0.3 is 10.2 Å². The molecular formula is C21H20N6OS. The van der Waals surface area contributed by atoms with E-state index in [0.29, 0.717) is 11.5 Å². The van der Waals surface area contributed by atoms with E-state index in [1.807, 2.05) is 42.5 Å². The molecule has 2 heterocycles. The fourth-order valence-corrected chi connectivity index (χ4v) is 3.49. The SMILES string of the molecule is CCN(Cc1ccccc1)c1nc(CNC(=O)c2cnsn2)nc2ccccc12. The van der Waals surface area contributed by atoms with Crippen molar-refractivity contribution in [2.24, 2.45) is 0 Å². The van der Waals surface area contributed by atoms with Gasteiger partial charge >= 0.3 is 0 Å². The van der Waals surface area contributed by atoms with Crippen molar-refractivity contribution in [3.05, 3.63) is 77.9 Å². The normalized spacial score (nSPS) is 10.8. The van der Waals surface area contributed by atoms with Crippen LogP contribution in [-0.2, 0) is 13.1 Å². The number of rotatable bonds is 7. The average Bonchev–Trinajstić information content (AvgIpc) is 3.31. The van der Waals surface area contributed by atoms with Crippen LogP contribution < -0.4 is 10.2 Å². The van der Waals surface area contributed by atoms with Gasteiger partial charge in [0.1, 0.15) is 5.82 Å². The fourth-order valence-electron chi connectivity index (χ4n) is 3.08. The summed E-state index contributed by atoms with van der Waals surface area (Å²) in [4.78, 5) is 23.8. The van der Waals surface area contributed by atoms with Crippen molar-refractivity contribution >= 4 is 34.4 Å². The second-order valence-corrected chi connectivity index (χ2v) is 7.01. The van der Waals surface area contributed by atoms with Crippen LogP contribution in [0, 0.1) is 0 Å². The Morgan fingerprint density at radius 3 is 2.62 bits per heavy atom. The Morgan fingerprint density at radius 1 is 1.07 bits per heavy atom. The predicted molar refractivity (Wildman–Crippen MR) is 114 cm³/mol. The van der Waals surface area contributed by atoms with Gasteiger partial charge in [0.15, 0.2) is 11.5 Å². The number of carbonyl (C=O) groups excluding carboxylic acids is 1. The van der Waals surface area contributed by atoms with E-state index in [4.69, 9.17) is 4.98 Å². The molecule has 8 heteroatoms. The molecule has 0 spiro atoms. The highest BCUT2D eigenvalue weighted by Crippen LogP contribution is 2.25. The first-order valence-electron chi connectivity index (χ1n) is 9.35. The van der Waals surface area contributed by atoms with E-state index in [9.17, 15) is 4.79 Å². The maximum Gasteiger partial charge on any atom is 0.273 e. The number of hydrogen-bond acceptors (Lipinski definition) is 7. The third-order valence-electron chi connectivity index (χ3n) is 4.53. The summed E-state index contributed by atoms with van der Waals surface area (Å²) < 4.78 is 7.81. The molecule has 7 nitrogen and oxygen atoms in total. The lowest BCUT2D eigenvalue weighted by molar-refractivity contribution is 0.0946. The third kappa shape index (κ3) is 4.38. The first kappa shape index (κ1) is 18.9. The second-order valence-electron chi connectivity index (χ2n) is 6.46. The van der Waals surface area contributed by atoms with Gasteiger partial charge in [-0.3, -0.25) is 4.79 Å². The lowest BCUT2D eigenvalue weighted by atomic mass is 10.2. The van der Waals surface area contributed by atoms with Crippen molar-refractivity contribution in [1.29, 1.82) is 0 Å². The van der Waals surface area contributed by atoms with Gasteiger partial charge in [0, 0.05) is 18.5 Å². The summed E-state index contributed by atoms with van der Waals surface area (Å²) in [5.74, 6) is 1.14. The third-order valence-corrected chi connectivity index (χ3v) is 5.01. The number of amides is 1. The Hall–Kier alpha value is -3.39. The summed E-state index contributed by atoms with van der Waals surface area (Å²) >= 11 is 1.00. The zero-order valence-electron chi connectivity index (χ0n) is 15.9. The molecule has 0 saturated carbocycles. The number of benzene rings is 2. The van der Waals surface area contributed by atoms with Crippen molar-refractivity contribution in [3.63, 3.8) is 0 Å². The lowest BCUT2D eigenvalue weighted by Gasteiger charge is -2.24. The summed E-state index contributed by atoms with van der Waals surface area (Å²) in [7, 11) is 0. The maximum atomic E-state index is 12.2. The van der Waals surface area contributed by atoms with E-state index < -0.39 is 0 Å². The van der Waals surface area contributed by atoms with Crippen molar-refractivity contribution in [3.8, 4) is 0 Å². The molecule has 4 aromatic rings.